The Hall–Kier alpha value is -3.49. The second-order valence-corrected chi connectivity index (χ2v) is 6.17. The minimum Gasteiger partial charge on any atom is -0.351 e. The molecule has 1 saturated heterocycles. The van der Waals surface area contributed by atoms with Crippen LogP contribution < -0.4 is 5.32 Å². The Morgan fingerprint density at radius 1 is 1.22 bits per heavy atom. The highest BCUT2D eigenvalue weighted by atomic mass is 16.5. The highest BCUT2D eigenvalue weighted by Gasteiger charge is 2.35. The van der Waals surface area contributed by atoms with E-state index in [1.807, 2.05) is 30.3 Å². The molecule has 9 heteroatoms. The summed E-state index contributed by atoms with van der Waals surface area (Å²) in [5.74, 6) is 0.453. The van der Waals surface area contributed by atoms with E-state index in [9.17, 15) is 9.59 Å². The second kappa shape index (κ2) is 7.40. The summed E-state index contributed by atoms with van der Waals surface area (Å²) in [6.07, 6.45) is 2.45. The third kappa shape index (κ3) is 3.71. The lowest BCUT2D eigenvalue weighted by atomic mass is 10.2. The van der Waals surface area contributed by atoms with E-state index in [0.717, 1.165) is 5.56 Å². The van der Waals surface area contributed by atoms with Gasteiger partial charge in [-0.2, -0.15) is 4.98 Å². The van der Waals surface area contributed by atoms with Gasteiger partial charge in [-0.15, -0.1) is 0 Å². The van der Waals surface area contributed by atoms with Gasteiger partial charge in [-0.1, -0.05) is 40.6 Å². The molecule has 1 aliphatic rings. The molecular weight excluding hydrogens is 350 g/mol. The van der Waals surface area contributed by atoms with Crippen molar-refractivity contribution in [2.24, 2.45) is 0 Å². The average Bonchev–Trinajstić information content (AvgIpc) is 3.43. The Kier molecular flexibility index (Phi) is 4.65. The zero-order valence-electron chi connectivity index (χ0n) is 14.4. The van der Waals surface area contributed by atoms with Gasteiger partial charge in [0, 0.05) is 19.0 Å². The van der Waals surface area contributed by atoms with Crippen LogP contribution in [0.25, 0.3) is 0 Å². The van der Waals surface area contributed by atoms with Crippen LogP contribution in [0.15, 0.2) is 51.6 Å². The number of nitrogens with zero attached hydrogens (tertiary/aromatic N) is 4. The average molecular weight is 367 g/mol. The van der Waals surface area contributed by atoms with Gasteiger partial charge in [-0.05, 0) is 12.0 Å². The fourth-order valence-corrected chi connectivity index (χ4v) is 3.02. The standard InChI is InChI=1S/C18H17N5O4/c24-16-7-6-13(23(16)11-12-4-2-1-3-5-12)18-21-15(22-27-18)10-19-17(25)14-8-9-20-26-14/h1-5,8-9,13H,6-7,10-11H2,(H,19,25)/t13-/m0/s1. The molecule has 0 spiro atoms. The monoisotopic (exact) mass is 367 g/mol. The highest BCUT2D eigenvalue weighted by molar-refractivity contribution is 5.91. The zero-order chi connectivity index (χ0) is 18.6. The number of hydrogen-bond donors (Lipinski definition) is 1. The third-order valence-corrected chi connectivity index (χ3v) is 4.36. The van der Waals surface area contributed by atoms with Crippen molar-refractivity contribution in [3.8, 4) is 0 Å². The van der Waals surface area contributed by atoms with E-state index in [-0.39, 0.29) is 24.3 Å². The molecule has 1 N–H and O–H groups in total. The van der Waals surface area contributed by atoms with Crippen molar-refractivity contribution in [1.82, 2.24) is 25.5 Å². The van der Waals surface area contributed by atoms with E-state index in [2.05, 4.69) is 20.6 Å². The molecule has 0 saturated carbocycles. The lowest BCUT2D eigenvalue weighted by molar-refractivity contribution is -0.130. The van der Waals surface area contributed by atoms with Gasteiger partial charge in [-0.3, -0.25) is 9.59 Å². The van der Waals surface area contributed by atoms with Crippen LogP contribution in [0.3, 0.4) is 0 Å². The summed E-state index contributed by atoms with van der Waals surface area (Å²) in [7, 11) is 0. The molecule has 4 rings (SSSR count). The smallest absolute Gasteiger partial charge is 0.290 e. The van der Waals surface area contributed by atoms with Gasteiger partial charge in [0.15, 0.2) is 5.82 Å². The summed E-state index contributed by atoms with van der Waals surface area (Å²) in [4.78, 5) is 30.2. The van der Waals surface area contributed by atoms with Crippen molar-refractivity contribution in [2.45, 2.75) is 32.0 Å². The van der Waals surface area contributed by atoms with Gasteiger partial charge < -0.3 is 19.3 Å². The molecule has 0 unspecified atom stereocenters. The molecule has 27 heavy (non-hydrogen) atoms. The first-order valence-electron chi connectivity index (χ1n) is 8.55. The van der Waals surface area contributed by atoms with Crippen LogP contribution >= 0.6 is 0 Å². The van der Waals surface area contributed by atoms with Crippen LogP contribution in [-0.2, 0) is 17.9 Å². The maximum Gasteiger partial charge on any atom is 0.290 e. The maximum atomic E-state index is 12.3. The highest BCUT2D eigenvalue weighted by Crippen LogP contribution is 2.33. The first-order chi connectivity index (χ1) is 13.2. The number of amides is 2. The van der Waals surface area contributed by atoms with E-state index in [1.54, 1.807) is 4.90 Å². The Morgan fingerprint density at radius 2 is 2.07 bits per heavy atom. The van der Waals surface area contributed by atoms with Crippen LogP contribution in [-0.4, -0.2) is 32.0 Å². The van der Waals surface area contributed by atoms with Crippen molar-refractivity contribution in [2.75, 3.05) is 0 Å². The number of likely N-dealkylation sites (tertiary alicyclic amines) is 1. The maximum absolute atomic E-state index is 12.3. The quantitative estimate of drug-likeness (QED) is 0.707. The van der Waals surface area contributed by atoms with Gasteiger partial charge in [0.25, 0.3) is 5.91 Å². The molecule has 1 aliphatic heterocycles. The van der Waals surface area contributed by atoms with Gasteiger partial charge in [0.1, 0.15) is 6.04 Å². The number of aromatic nitrogens is 3. The first kappa shape index (κ1) is 17.0. The Balaban J connectivity index is 1.42. The van der Waals surface area contributed by atoms with Crippen LogP contribution in [0.2, 0.25) is 0 Å². The molecule has 0 radical (unpaired) electrons. The molecule has 0 bridgehead atoms. The van der Waals surface area contributed by atoms with Crippen molar-refractivity contribution < 1.29 is 18.6 Å². The van der Waals surface area contributed by atoms with Crippen LogP contribution in [0.1, 0.15) is 46.7 Å². The minimum absolute atomic E-state index is 0.0576. The van der Waals surface area contributed by atoms with Gasteiger partial charge in [-0.25, -0.2) is 0 Å². The molecule has 0 aliphatic carbocycles. The van der Waals surface area contributed by atoms with Gasteiger partial charge in [0.05, 0.1) is 12.7 Å². The molecule has 3 heterocycles. The van der Waals surface area contributed by atoms with Gasteiger partial charge >= 0.3 is 0 Å². The number of hydrogen-bond acceptors (Lipinski definition) is 7. The fraction of sp³-hybridized carbons (Fsp3) is 0.278. The minimum atomic E-state index is -0.416. The molecule has 138 valence electrons. The summed E-state index contributed by atoms with van der Waals surface area (Å²) < 4.78 is 10.1. The van der Waals surface area contributed by atoms with Gasteiger partial charge in [0.2, 0.25) is 17.6 Å². The predicted molar refractivity (Wildman–Crippen MR) is 90.9 cm³/mol. The van der Waals surface area contributed by atoms with Crippen LogP contribution in [0.5, 0.6) is 0 Å². The zero-order valence-corrected chi connectivity index (χ0v) is 14.4. The third-order valence-electron chi connectivity index (χ3n) is 4.36. The van der Waals surface area contributed by atoms with E-state index in [1.165, 1.54) is 12.3 Å². The normalized spacial score (nSPS) is 16.7. The lowest BCUT2D eigenvalue weighted by Gasteiger charge is -2.22. The van der Waals surface area contributed by atoms with Crippen molar-refractivity contribution in [3.63, 3.8) is 0 Å². The summed E-state index contributed by atoms with van der Waals surface area (Å²) in [5.41, 5.74) is 1.04. The Bertz CT molecular complexity index is 922. The predicted octanol–water partition coefficient (Wildman–Crippen LogP) is 1.85. The summed E-state index contributed by atoms with van der Waals surface area (Å²) in [6.45, 7) is 0.576. The number of carbonyl (C=O) groups is 2. The Labute approximate surface area is 154 Å². The van der Waals surface area contributed by atoms with Crippen molar-refractivity contribution in [1.29, 1.82) is 0 Å². The van der Waals surface area contributed by atoms with E-state index < -0.39 is 5.91 Å². The molecule has 1 aromatic carbocycles. The van der Waals surface area contributed by atoms with Crippen LogP contribution in [0, 0.1) is 0 Å². The summed E-state index contributed by atoms with van der Waals surface area (Å²) in [5, 5.41) is 10.0. The van der Waals surface area contributed by atoms with E-state index in [4.69, 9.17) is 9.05 Å². The number of carbonyl (C=O) groups excluding carboxylic acids is 2. The first-order valence-corrected chi connectivity index (χ1v) is 8.55. The largest absolute Gasteiger partial charge is 0.351 e. The summed E-state index contributed by atoms with van der Waals surface area (Å²) >= 11 is 0. The van der Waals surface area contributed by atoms with Crippen LogP contribution in [0.4, 0.5) is 0 Å². The second-order valence-electron chi connectivity index (χ2n) is 6.17. The molecule has 2 amide bonds. The number of rotatable bonds is 6. The van der Waals surface area contributed by atoms with Crippen molar-refractivity contribution in [3.05, 3.63) is 65.6 Å². The number of nitrogens with one attached hydrogen (secondary N) is 1. The molecule has 1 atom stereocenters. The van der Waals surface area contributed by atoms with E-state index >= 15 is 0 Å². The molecular formula is C18H17N5O4. The van der Waals surface area contributed by atoms with Crippen molar-refractivity contribution >= 4 is 11.8 Å². The number of benzene rings is 1. The van der Waals surface area contributed by atoms with E-state index in [0.29, 0.717) is 31.1 Å². The molecule has 9 nitrogen and oxygen atoms in total. The Morgan fingerprint density at radius 3 is 2.85 bits per heavy atom. The SMILES string of the molecule is O=C(NCc1noc([C@@H]2CCC(=O)N2Cc2ccccc2)n1)c1ccno1. The molecule has 3 aromatic rings. The fourth-order valence-electron chi connectivity index (χ4n) is 3.02. The lowest BCUT2D eigenvalue weighted by Crippen LogP contribution is -2.27. The molecule has 1 fully saturated rings. The topological polar surface area (TPSA) is 114 Å². The molecule has 2 aromatic heterocycles. The summed E-state index contributed by atoms with van der Waals surface area (Å²) in [6, 6.07) is 11.0.